The minimum atomic E-state index is -0.0710. The van der Waals surface area contributed by atoms with Crippen molar-refractivity contribution >= 4 is 5.97 Å². The molecule has 1 aromatic carbocycles. The zero-order valence-electron chi connectivity index (χ0n) is 13.6. The minimum absolute atomic E-state index is 0.0710. The molecule has 1 aliphatic rings. The van der Waals surface area contributed by atoms with Gasteiger partial charge in [-0.1, -0.05) is 6.07 Å². The Morgan fingerprint density at radius 3 is 2.36 bits per heavy atom. The quantitative estimate of drug-likeness (QED) is 0.819. The van der Waals surface area contributed by atoms with Gasteiger partial charge in [0.05, 0.1) is 27.2 Å². The van der Waals surface area contributed by atoms with Crippen molar-refractivity contribution in [2.24, 2.45) is 5.92 Å². The lowest BCUT2D eigenvalue weighted by Gasteiger charge is -2.27. The third kappa shape index (κ3) is 4.13. The predicted octanol–water partition coefficient (Wildman–Crippen LogP) is 2.53. The van der Waals surface area contributed by atoms with E-state index in [-0.39, 0.29) is 11.9 Å². The summed E-state index contributed by atoms with van der Waals surface area (Å²) in [5.74, 6) is 1.49. The molecule has 0 saturated heterocycles. The number of carbonyl (C=O) groups is 1. The van der Waals surface area contributed by atoms with E-state index in [0.29, 0.717) is 6.04 Å². The Morgan fingerprint density at radius 2 is 1.77 bits per heavy atom. The van der Waals surface area contributed by atoms with Crippen LogP contribution in [0.3, 0.4) is 0 Å². The van der Waals surface area contributed by atoms with E-state index in [1.165, 1.54) is 7.11 Å². The lowest BCUT2D eigenvalue weighted by atomic mass is 9.86. The molecule has 22 heavy (non-hydrogen) atoms. The summed E-state index contributed by atoms with van der Waals surface area (Å²) >= 11 is 0. The van der Waals surface area contributed by atoms with Gasteiger partial charge < -0.3 is 19.5 Å². The number of rotatable bonds is 6. The number of methoxy groups -OCH3 is 3. The first-order valence-corrected chi connectivity index (χ1v) is 7.70. The van der Waals surface area contributed by atoms with Gasteiger partial charge in [-0.05, 0) is 43.4 Å². The molecule has 0 aromatic heterocycles. The molecule has 5 nitrogen and oxygen atoms in total. The van der Waals surface area contributed by atoms with Crippen LogP contribution in [0.15, 0.2) is 18.2 Å². The Morgan fingerprint density at radius 1 is 1.09 bits per heavy atom. The van der Waals surface area contributed by atoms with E-state index in [1.807, 2.05) is 18.2 Å². The van der Waals surface area contributed by atoms with Crippen molar-refractivity contribution in [3.8, 4) is 11.5 Å². The van der Waals surface area contributed by atoms with Gasteiger partial charge in [0.1, 0.15) is 0 Å². The Balaban J connectivity index is 1.83. The van der Waals surface area contributed by atoms with Gasteiger partial charge in [-0.2, -0.15) is 0 Å². The summed E-state index contributed by atoms with van der Waals surface area (Å²) in [7, 11) is 4.74. The first kappa shape index (κ1) is 16.6. The van der Waals surface area contributed by atoms with Crippen molar-refractivity contribution in [2.75, 3.05) is 21.3 Å². The largest absolute Gasteiger partial charge is 0.493 e. The molecule has 0 heterocycles. The van der Waals surface area contributed by atoms with E-state index in [0.717, 1.165) is 49.3 Å². The molecule has 0 unspecified atom stereocenters. The van der Waals surface area contributed by atoms with E-state index in [4.69, 9.17) is 14.2 Å². The highest BCUT2D eigenvalue weighted by Gasteiger charge is 2.26. The van der Waals surface area contributed by atoms with Crippen LogP contribution >= 0.6 is 0 Å². The topological polar surface area (TPSA) is 56.8 Å². The van der Waals surface area contributed by atoms with E-state index in [9.17, 15) is 4.79 Å². The van der Waals surface area contributed by atoms with Crippen LogP contribution in [0.1, 0.15) is 31.2 Å². The maximum atomic E-state index is 11.5. The van der Waals surface area contributed by atoms with Gasteiger partial charge in [0.2, 0.25) is 0 Å². The highest BCUT2D eigenvalue weighted by atomic mass is 16.5. The molecule has 5 heteroatoms. The molecule has 1 aliphatic carbocycles. The fourth-order valence-corrected chi connectivity index (χ4v) is 2.95. The zero-order chi connectivity index (χ0) is 15.9. The number of esters is 1. The van der Waals surface area contributed by atoms with Crippen LogP contribution in [-0.2, 0) is 16.1 Å². The molecule has 0 atom stereocenters. The molecule has 1 N–H and O–H groups in total. The lowest BCUT2D eigenvalue weighted by molar-refractivity contribution is -0.146. The molecule has 2 rings (SSSR count). The highest BCUT2D eigenvalue weighted by Crippen LogP contribution is 2.28. The summed E-state index contributed by atoms with van der Waals surface area (Å²) in [6, 6.07) is 6.40. The van der Waals surface area contributed by atoms with Crippen LogP contribution < -0.4 is 14.8 Å². The van der Waals surface area contributed by atoms with Gasteiger partial charge in [0, 0.05) is 12.6 Å². The van der Waals surface area contributed by atoms with Crippen LogP contribution in [0.4, 0.5) is 0 Å². The van der Waals surface area contributed by atoms with Crippen molar-refractivity contribution in [1.29, 1.82) is 0 Å². The molecule has 0 bridgehead atoms. The molecule has 1 aromatic rings. The number of hydrogen-bond acceptors (Lipinski definition) is 5. The molecular formula is C17H25NO4. The number of ether oxygens (including phenoxy) is 3. The van der Waals surface area contributed by atoms with E-state index in [1.54, 1.807) is 14.2 Å². The van der Waals surface area contributed by atoms with Crippen LogP contribution in [0.25, 0.3) is 0 Å². The third-order valence-electron chi connectivity index (χ3n) is 4.30. The van der Waals surface area contributed by atoms with Gasteiger partial charge in [0.15, 0.2) is 11.5 Å². The second-order valence-electron chi connectivity index (χ2n) is 5.64. The Kier molecular flexibility index (Phi) is 6.07. The molecule has 122 valence electrons. The van der Waals surface area contributed by atoms with E-state index in [2.05, 4.69) is 5.32 Å². The number of benzene rings is 1. The average Bonchev–Trinajstić information content (AvgIpc) is 2.59. The Labute approximate surface area is 131 Å². The molecule has 1 saturated carbocycles. The van der Waals surface area contributed by atoms with Gasteiger partial charge in [-0.25, -0.2) is 0 Å². The summed E-state index contributed by atoms with van der Waals surface area (Å²) in [5, 5.41) is 3.56. The fourth-order valence-electron chi connectivity index (χ4n) is 2.95. The van der Waals surface area contributed by atoms with E-state index < -0.39 is 0 Å². The summed E-state index contributed by atoms with van der Waals surface area (Å²) in [6.07, 6.45) is 3.81. The van der Waals surface area contributed by atoms with Crippen LogP contribution in [0.5, 0.6) is 11.5 Å². The van der Waals surface area contributed by atoms with Crippen molar-refractivity contribution in [1.82, 2.24) is 5.32 Å². The molecule has 0 spiro atoms. The average molecular weight is 307 g/mol. The number of hydrogen-bond donors (Lipinski definition) is 1. The van der Waals surface area contributed by atoms with Gasteiger partial charge >= 0.3 is 5.97 Å². The molecule has 1 fully saturated rings. The predicted molar refractivity (Wildman–Crippen MR) is 84.1 cm³/mol. The molecule has 0 amide bonds. The third-order valence-corrected chi connectivity index (χ3v) is 4.30. The summed E-state index contributed by atoms with van der Waals surface area (Å²) in [4.78, 5) is 11.5. The Bertz CT molecular complexity index is 495. The molecule has 0 radical (unpaired) electrons. The molecule has 0 aliphatic heterocycles. The normalized spacial score (nSPS) is 21.2. The van der Waals surface area contributed by atoms with Gasteiger partial charge in [0.25, 0.3) is 0 Å². The van der Waals surface area contributed by atoms with E-state index >= 15 is 0 Å². The number of carbonyl (C=O) groups excluding carboxylic acids is 1. The SMILES string of the molecule is COC(=O)C1CCC(NCc2ccc(OC)c(OC)c2)CC1. The van der Waals surface area contributed by atoms with Gasteiger partial charge in [-0.15, -0.1) is 0 Å². The smallest absolute Gasteiger partial charge is 0.308 e. The summed E-state index contributed by atoms with van der Waals surface area (Å²) in [6.45, 7) is 0.786. The van der Waals surface area contributed by atoms with Crippen molar-refractivity contribution < 1.29 is 19.0 Å². The fraction of sp³-hybridized carbons (Fsp3) is 0.588. The van der Waals surface area contributed by atoms with Crippen molar-refractivity contribution in [2.45, 2.75) is 38.3 Å². The van der Waals surface area contributed by atoms with Crippen LogP contribution in [-0.4, -0.2) is 33.3 Å². The summed E-state index contributed by atoms with van der Waals surface area (Å²) < 4.78 is 15.4. The highest BCUT2D eigenvalue weighted by molar-refractivity contribution is 5.72. The standard InChI is InChI=1S/C17H25NO4/c1-20-15-9-4-12(10-16(15)21-2)11-18-14-7-5-13(6-8-14)17(19)22-3/h4,9-10,13-14,18H,5-8,11H2,1-3H3. The first-order chi connectivity index (χ1) is 10.7. The van der Waals surface area contributed by atoms with Crippen LogP contribution in [0, 0.1) is 5.92 Å². The minimum Gasteiger partial charge on any atom is -0.493 e. The lowest BCUT2D eigenvalue weighted by Crippen LogP contribution is -2.34. The van der Waals surface area contributed by atoms with Crippen LogP contribution in [0.2, 0.25) is 0 Å². The second-order valence-corrected chi connectivity index (χ2v) is 5.64. The second kappa shape index (κ2) is 8.03. The van der Waals surface area contributed by atoms with Crippen molar-refractivity contribution in [3.63, 3.8) is 0 Å². The van der Waals surface area contributed by atoms with Crippen molar-refractivity contribution in [3.05, 3.63) is 23.8 Å². The van der Waals surface area contributed by atoms with Gasteiger partial charge in [-0.3, -0.25) is 4.79 Å². The first-order valence-electron chi connectivity index (χ1n) is 7.70. The monoisotopic (exact) mass is 307 g/mol. The maximum Gasteiger partial charge on any atom is 0.308 e. The molecular weight excluding hydrogens is 282 g/mol. The zero-order valence-corrected chi connectivity index (χ0v) is 13.6. The maximum absolute atomic E-state index is 11.5. The summed E-state index contributed by atoms with van der Waals surface area (Å²) in [5.41, 5.74) is 1.16. The number of nitrogens with one attached hydrogen (secondary N) is 1. The Hall–Kier alpha value is -1.75.